The zero-order valence-electron chi connectivity index (χ0n) is 16.5. The first kappa shape index (κ1) is 17.8. The normalized spacial score (nSPS) is 55.0. The standard InChI is InChI=1S/C22H36O3/c1-13-7-8-15-20-16(9-11-21(13,15)3)22(4)10-5-6-19(25-14(2)23)17(22)12-18(20)24/h13,15-20,24H,5-12H2,1-4H3. The third-order valence-corrected chi connectivity index (χ3v) is 9.41. The summed E-state index contributed by atoms with van der Waals surface area (Å²) in [4.78, 5) is 11.6. The maximum absolute atomic E-state index is 11.6. The summed E-state index contributed by atoms with van der Waals surface area (Å²) in [5.41, 5.74) is 0.657. The van der Waals surface area contributed by atoms with Gasteiger partial charge in [-0.1, -0.05) is 20.8 Å². The van der Waals surface area contributed by atoms with Gasteiger partial charge in [0, 0.05) is 12.8 Å². The van der Waals surface area contributed by atoms with Gasteiger partial charge in [-0.15, -0.1) is 0 Å². The van der Waals surface area contributed by atoms with E-state index in [0.717, 1.165) is 25.2 Å². The maximum Gasteiger partial charge on any atom is 0.302 e. The van der Waals surface area contributed by atoms with Gasteiger partial charge in [0.2, 0.25) is 0 Å². The van der Waals surface area contributed by atoms with Crippen molar-refractivity contribution >= 4 is 5.97 Å². The van der Waals surface area contributed by atoms with Crippen LogP contribution >= 0.6 is 0 Å². The Hall–Kier alpha value is -0.570. The van der Waals surface area contributed by atoms with Crippen molar-refractivity contribution in [1.29, 1.82) is 0 Å². The largest absolute Gasteiger partial charge is 0.462 e. The molecule has 0 saturated heterocycles. The molecule has 4 saturated carbocycles. The van der Waals surface area contributed by atoms with Crippen molar-refractivity contribution in [2.45, 2.75) is 91.3 Å². The highest BCUT2D eigenvalue weighted by Crippen LogP contribution is 2.67. The van der Waals surface area contributed by atoms with Crippen LogP contribution in [0.15, 0.2) is 0 Å². The van der Waals surface area contributed by atoms with Crippen LogP contribution < -0.4 is 0 Å². The second kappa shape index (κ2) is 5.97. The molecule has 4 aliphatic carbocycles. The predicted octanol–water partition coefficient (Wildman–Crippen LogP) is 4.57. The highest BCUT2D eigenvalue weighted by molar-refractivity contribution is 5.66. The van der Waals surface area contributed by atoms with Gasteiger partial charge in [-0.05, 0) is 85.9 Å². The minimum absolute atomic E-state index is 0.0164. The van der Waals surface area contributed by atoms with E-state index in [-0.39, 0.29) is 23.6 Å². The van der Waals surface area contributed by atoms with Crippen LogP contribution in [0.25, 0.3) is 0 Å². The van der Waals surface area contributed by atoms with Crippen LogP contribution in [0.3, 0.4) is 0 Å². The molecule has 0 heterocycles. The summed E-state index contributed by atoms with van der Waals surface area (Å²) >= 11 is 0. The molecule has 4 fully saturated rings. The van der Waals surface area contributed by atoms with Gasteiger partial charge in [0.05, 0.1) is 6.10 Å². The molecule has 0 aliphatic heterocycles. The van der Waals surface area contributed by atoms with E-state index < -0.39 is 0 Å². The lowest BCUT2D eigenvalue weighted by atomic mass is 9.44. The second-order valence-electron chi connectivity index (χ2n) is 10.3. The summed E-state index contributed by atoms with van der Waals surface area (Å²) in [5.74, 6) is 2.71. The number of hydrogen-bond acceptors (Lipinski definition) is 3. The SMILES string of the molecule is CC(=O)OC1CCCC2(C)C1CC(O)C1C3CCC(C)C3(C)CCC12. The van der Waals surface area contributed by atoms with Crippen LogP contribution in [0.4, 0.5) is 0 Å². The highest BCUT2D eigenvalue weighted by atomic mass is 16.5. The van der Waals surface area contributed by atoms with E-state index in [2.05, 4.69) is 20.8 Å². The van der Waals surface area contributed by atoms with Gasteiger partial charge in [-0.2, -0.15) is 0 Å². The second-order valence-corrected chi connectivity index (χ2v) is 10.3. The van der Waals surface area contributed by atoms with Crippen molar-refractivity contribution < 1.29 is 14.6 Å². The van der Waals surface area contributed by atoms with Crippen LogP contribution in [0.5, 0.6) is 0 Å². The lowest BCUT2D eigenvalue weighted by molar-refractivity contribution is -0.197. The molecule has 9 atom stereocenters. The van der Waals surface area contributed by atoms with Gasteiger partial charge >= 0.3 is 5.97 Å². The molecule has 0 amide bonds. The number of ether oxygens (including phenoxy) is 1. The average Bonchev–Trinajstić information content (AvgIpc) is 2.84. The predicted molar refractivity (Wildman–Crippen MR) is 97.8 cm³/mol. The minimum Gasteiger partial charge on any atom is -0.462 e. The number of fused-ring (bicyclic) bond motifs is 5. The van der Waals surface area contributed by atoms with Gasteiger partial charge in [0.15, 0.2) is 0 Å². The van der Waals surface area contributed by atoms with E-state index in [1.54, 1.807) is 0 Å². The lowest BCUT2D eigenvalue weighted by Crippen LogP contribution is -2.60. The number of esters is 1. The van der Waals surface area contributed by atoms with Crippen LogP contribution in [-0.4, -0.2) is 23.3 Å². The Bertz CT molecular complexity index is 545. The first-order chi connectivity index (χ1) is 11.8. The molecule has 0 aromatic heterocycles. The topological polar surface area (TPSA) is 46.5 Å². The van der Waals surface area contributed by atoms with E-state index in [1.807, 2.05) is 0 Å². The smallest absolute Gasteiger partial charge is 0.302 e. The summed E-state index contributed by atoms with van der Waals surface area (Å²) < 4.78 is 5.73. The van der Waals surface area contributed by atoms with E-state index >= 15 is 0 Å². The van der Waals surface area contributed by atoms with Crippen LogP contribution in [0, 0.1) is 40.4 Å². The van der Waals surface area contributed by atoms with Crippen molar-refractivity contribution in [2.24, 2.45) is 40.4 Å². The molecular formula is C22H36O3. The molecule has 1 N–H and O–H groups in total. The first-order valence-corrected chi connectivity index (χ1v) is 10.6. The third kappa shape index (κ3) is 2.51. The number of aliphatic hydroxyl groups is 1. The maximum atomic E-state index is 11.6. The molecule has 4 rings (SSSR count). The summed E-state index contributed by atoms with van der Waals surface area (Å²) in [6, 6.07) is 0. The number of aliphatic hydroxyl groups excluding tert-OH is 1. The van der Waals surface area contributed by atoms with Gasteiger partial charge in [-0.25, -0.2) is 0 Å². The van der Waals surface area contributed by atoms with Crippen molar-refractivity contribution in [3.63, 3.8) is 0 Å². The molecular weight excluding hydrogens is 312 g/mol. The molecule has 9 unspecified atom stereocenters. The number of carbonyl (C=O) groups is 1. The van der Waals surface area contributed by atoms with Gasteiger partial charge in [0.1, 0.15) is 6.10 Å². The zero-order valence-corrected chi connectivity index (χ0v) is 16.5. The van der Waals surface area contributed by atoms with Gasteiger partial charge in [0.25, 0.3) is 0 Å². The third-order valence-electron chi connectivity index (χ3n) is 9.41. The number of rotatable bonds is 1. The fourth-order valence-electron chi connectivity index (χ4n) is 7.91. The molecule has 0 radical (unpaired) electrons. The minimum atomic E-state index is -0.214. The van der Waals surface area contributed by atoms with Crippen molar-refractivity contribution in [3.8, 4) is 0 Å². The zero-order chi connectivity index (χ0) is 18.0. The lowest BCUT2D eigenvalue weighted by Gasteiger charge is -2.62. The molecule has 0 aromatic carbocycles. The molecule has 0 bridgehead atoms. The molecule has 25 heavy (non-hydrogen) atoms. The van der Waals surface area contributed by atoms with Crippen LogP contribution in [-0.2, 0) is 9.53 Å². The average molecular weight is 349 g/mol. The molecule has 3 nitrogen and oxygen atoms in total. The van der Waals surface area contributed by atoms with Crippen LogP contribution in [0.1, 0.15) is 79.1 Å². The molecule has 0 aromatic rings. The molecule has 3 heteroatoms. The number of hydrogen-bond donors (Lipinski definition) is 1. The Morgan fingerprint density at radius 2 is 1.72 bits per heavy atom. The van der Waals surface area contributed by atoms with E-state index in [1.165, 1.54) is 39.0 Å². The van der Waals surface area contributed by atoms with E-state index in [0.29, 0.717) is 29.1 Å². The first-order valence-electron chi connectivity index (χ1n) is 10.6. The molecule has 0 spiro atoms. The van der Waals surface area contributed by atoms with E-state index in [4.69, 9.17) is 4.74 Å². The van der Waals surface area contributed by atoms with Crippen molar-refractivity contribution in [3.05, 3.63) is 0 Å². The van der Waals surface area contributed by atoms with Crippen molar-refractivity contribution in [2.75, 3.05) is 0 Å². The summed E-state index contributed by atoms with van der Waals surface area (Å²) in [6.45, 7) is 8.91. The summed E-state index contributed by atoms with van der Waals surface area (Å²) in [6.07, 6.45) is 9.18. The number of carbonyl (C=O) groups excluding carboxylic acids is 1. The monoisotopic (exact) mass is 348 g/mol. The Morgan fingerprint density at radius 3 is 2.44 bits per heavy atom. The van der Waals surface area contributed by atoms with Crippen molar-refractivity contribution in [1.82, 2.24) is 0 Å². The molecule has 142 valence electrons. The fraction of sp³-hybridized carbons (Fsp3) is 0.955. The van der Waals surface area contributed by atoms with Crippen LogP contribution in [0.2, 0.25) is 0 Å². The molecule has 4 aliphatic rings. The Morgan fingerprint density at radius 1 is 1.00 bits per heavy atom. The van der Waals surface area contributed by atoms with Gasteiger partial charge < -0.3 is 9.84 Å². The summed E-state index contributed by atoms with van der Waals surface area (Å²) in [7, 11) is 0. The fourth-order valence-corrected chi connectivity index (χ4v) is 7.91. The highest BCUT2D eigenvalue weighted by Gasteiger charge is 2.62. The Kier molecular flexibility index (Phi) is 4.26. The van der Waals surface area contributed by atoms with E-state index in [9.17, 15) is 9.90 Å². The quantitative estimate of drug-likeness (QED) is 0.706. The van der Waals surface area contributed by atoms with Gasteiger partial charge in [-0.3, -0.25) is 4.79 Å². The Balaban J connectivity index is 1.65. The summed E-state index contributed by atoms with van der Waals surface area (Å²) in [5, 5.41) is 11.2. The Labute approximate surface area is 152 Å².